The predicted molar refractivity (Wildman–Crippen MR) is 96.1 cm³/mol. The molecule has 150 valence electrons. The number of fused-ring (bicyclic) bond motifs is 1. The van der Waals surface area contributed by atoms with Gasteiger partial charge in [-0.1, -0.05) is 0 Å². The van der Waals surface area contributed by atoms with E-state index >= 15 is 0 Å². The maximum Gasteiger partial charge on any atom is 0.433 e. The number of aromatic nitrogens is 6. The van der Waals surface area contributed by atoms with Gasteiger partial charge in [-0.3, -0.25) is 0 Å². The summed E-state index contributed by atoms with van der Waals surface area (Å²) < 4.78 is 55.5. The van der Waals surface area contributed by atoms with Crippen molar-refractivity contribution < 1.29 is 17.6 Å². The van der Waals surface area contributed by atoms with Crippen LogP contribution in [-0.2, 0) is 6.18 Å². The Morgan fingerprint density at radius 1 is 1.10 bits per heavy atom. The molecule has 1 aromatic carbocycles. The molecule has 0 radical (unpaired) electrons. The molecule has 0 spiro atoms. The molecule has 0 saturated carbocycles. The Balaban J connectivity index is 1.68. The predicted octanol–water partition coefficient (Wildman–Crippen LogP) is 3.95. The molecule has 4 aromatic rings. The zero-order valence-electron chi connectivity index (χ0n) is 15.3. The van der Waals surface area contributed by atoms with Crippen LogP contribution >= 0.6 is 0 Å². The van der Waals surface area contributed by atoms with Crippen LogP contribution in [0.15, 0.2) is 42.9 Å². The molecule has 1 N–H and O–H groups in total. The molecule has 0 saturated heterocycles. The van der Waals surface area contributed by atoms with Crippen molar-refractivity contribution in [2.75, 3.05) is 5.32 Å². The van der Waals surface area contributed by atoms with Crippen LogP contribution in [0.1, 0.15) is 29.9 Å². The van der Waals surface area contributed by atoms with E-state index < -0.39 is 17.9 Å². The van der Waals surface area contributed by atoms with Gasteiger partial charge in [0.2, 0.25) is 0 Å². The van der Waals surface area contributed by atoms with Crippen LogP contribution in [-0.4, -0.2) is 29.4 Å². The Morgan fingerprint density at radius 2 is 1.83 bits per heavy atom. The molecule has 3 heterocycles. The Bertz CT molecular complexity index is 1160. The van der Waals surface area contributed by atoms with Crippen molar-refractivity contribution in [2.45, 2.75) is 26.1 Å². The molecule has 0 amide bonds. The van der Waals surface area contributed by atoms with Crippen LogP contribution in [0.2, 0.25) is 0 Å². The summed E-state index contributed by atoms with van der Waals surface area (Å²) in [5, 5.41) is 11.3. The summed E-state index contributed by atoms with van der Waals surface area (Å²) in [5.74, 6) is -0.418. The molecule has 0 aliphatic rings. The molecule has 11 heteroatoms. The van der Waals surface area contributed by atoms with Crippen LogP contribution in [0.25, 0.3) is 11.5 Å². The Hall–Kier alpha value is -3.50. The third-order valence-corrected chi connectivity index (χ3v) is 4.49. The first-order chi connectivity index (χ1) is 13.7. The van der Waals surface area contributed by atoms with E-state index in [4.69, 9.17) is 0 Å². The summed E-state index contributed by atoms with van der Waals surface area (Å²) in [6.07, 6.45) is -1.87. The van der Waals surface area contributed by atoms with Crippen LogP contribution < -0.4 is 5.32 Å². The lowest BCUT2D eigenvalue weighted by molar-refractivity contribution is -0.141. The minimum atomic E-state index is -4.61. The zero-order chi connectivity index (χ0) is 20.8. The number of rotatable bonds is 4. The third-order valence-electron chi connectivity index (χ3n) is 4.49. The van der Waals surface area contributed by atoms with Gasteiger partial charge < -0.3 is 5.32 Å². The molecule has 3 aromatic heterocycles. The number of nitrogens with one attached hydrogen (secondary N) is 1. The van der Waals surface area contributed by atoms with E-state index in [1.807, 2.05) is 6.92 Å². The van der Waals surface area contributed by atoms with Crippen LogP contribution in [0.4, 0.5) is 23.4 Å². The average molecular weight is 405 g/mol. The smallest absolute Gasteiger partial charge is 0.363 e. The molecular formula is C18H15F4N7. The molecular weight excluding hydrogens is 390 g/mol. The van der Waals surface area contributed by atoms with Gasteiger partial charge in [0.25, 0.3) is 5.78 Å². The summed E-state index contributed by atoms with van der Waals surface area (Å²) in [4.78, 5) is 7.25. The minimum Gasteiger partial charge on any atom is -0.363 e. The van der Waals surface area contributed by atoms with Gasteiger partial charge in [-0.25, -0.2) is 14.1 Å². The third kappa shape index (κ3) is 3.50. The second-order valence-electron chi connectivity index (χ2n) is 6.44. The van der Waals surface area contributed by atoms with Gasteiger partial charge in [-0.15, -0.1) is 0 Å². The lowest BCUT2D eigenvalue weighted by atomic mass is 10.1. The van der Waals surface area contributed by atoms with Crippen molar-refractivity contribution in [1.82, 2.24) is 29.4 Å². The van der Waals surface area contributed by atoms with E-state index in [1.54, 1.807) is 29.9 Å². The Kier molecular flexibility index (Phi) is 4.44. The van der Waals surface area contributed by atoms with E-state index in [0.717, 1.165) is 23.7 Å². The number of alkyl halides is 3. The Labute approximate surface area is 162 Å². The first-order valence-corrected chi connectivity index (χ1v) is 8.59. The average Bonchev–Trinajstić information content (AvgIpc) is 3.28. The maximum atomic E-state index is 13.2. The molecule has 7 nitrogen and oxygen atoms in total. The molecule has 0 aliphatic heterocycles. The number of halogens is 4. The van der Waals surface area contributed by atoms with Gasteiger partial charge in [0, 0.05) is 17.3 Å². The van der Waals surface area contributed by atoms with Crippen LogP contribution in [0.5, 0.6) is 0 Å². The second kappa shape index (κ2) is 6.83. The lowest BCUT2D eigenvalue weighted by Gasteiger charge is -2.17. The van der Waals surface area contributed by atoms with Crippen molar-refractivity contribution in [3.63, 3.8) is 0 Å². The van der Waals surface area contributed by atoms with E-state index in [9.17, 15) is 17.6 Å². The molecule has 1 unspecified atom stereocenters. The highest BCUT2D eigenvalue weighted by atomic mass is 19.4. The van der Waals surface area contributed by atoms with Crippen molar-refractivity contribution in [1.29, 1.82) is 0 Å². The molecule has 1 atom stereocenters. The van der Waals surface area contributed by atoms with Gasteiger partial charge >= 0.3 is 6.18 Å². The Morgan fingerprint density at radius 3 is 2.52 bits per heavy atom. The number of hydrogen-bond acceptors (Lipinski definition) is 5. The fraction of sp³-hybridized carbons (Fsp3) is 0.222. The standard InChI is InChI=1S/C18H15F4N7/c1-10(14-8-24-28(11(14)2)13-5-3-12(19)4-6-13)26-16-7-15(18(20,21)22)27-17-23-9-25-29(16)17/h3-10,26H,1-2H3. The monoisotopic (exact) mass is 405 g/mol. The van der Waals surface area contributed by atoms with E-state index in [1.165, 1.54) is 16.6 Å². The summed E-state index contributed by atoms with van der Waals surface area (Å²) in [6.45, 7) is 3.61. The summed E-state index contributed by atoms with van der Waals surface area (Å²) in [6, 6.07) is 6.32. The van der Waals surface area contributed by atoms with Crippen LogP contribution in [0.3, 0.4) is 0 Å². The zero-order valence-corrected chi connectivity index (χ0v) is 15.3. The fourth-order valence-corrected chi connectivity index (χ4v) is 3.05. The number of hydrogen-bond donors (Lipinski definition) is 1. The van der Waals surface area contributed by atoms with Crippen molar-refractivity contribution in [2.24, 2.45) is 0 Å². The second-order valence-corrected chi connectivity index (χ2v) is 6.44. The molecule has 29 heavy (non-hydrogen) atoms. The van der Waals surface area contributed by atoms with E-state index in [-0.39, 0.29) is 17.4 Å². The number of anilines is 1. The largest absolute Gasteiger partial charge is 0.433 e. The molecule has 0 fully saturated rings. The lowest BCUT2D eigenvalue weighted by Crippen LogP contribution is -2.15. The highest BCUT2D eigenvalue weighted by molar-refractivity contribution is 5.48. The van der Waals surface area contributed by atoms with Gasteiger partial charge in [0.05, 0.1) is 17.9 Å². The molecule has 0 bridgehead atoms. The van der Waals surface area contributed by atoms with Crippen molar-refractivity contribution in [3.05, 3.63) is 65.6 Å². The minimum absolute atomic E-state index is 0.0984. The van der Waals surface area contributed by atoms with Gasteiger partial charge in [0.15, 0.2) is 5.69 Å². The van der Waals surface area contributed by atoms with Gasteiger partial charge in [0.1, 0.15) is 18.0 Å². The first kappa shape index (κ1) is 18.8. The fourth-order valence-electron chi connectivity index (χ4n) is 3.05. The van der Waals surface area contributed by atoms with E-state index in [2.05, 4.69) is 25.5 Å². The highest BCUT2D eigenvalue weighted by Gasteiger charge is 2.34. The SMILES string of the molecule is Cc1c(C(C)Nc2cc(C(F)(F)F)nc3ncnn23)cnn1-c1ccc(F)cc1. The van der Waals surface area contributed by atoms with Crippen molar-refractivity contribution >= 4 is 11.6 Å². The number of nitrogens with zero attached hydrogens (tertiary/aromatic N) is 6. The highest BCUT2D eigenvalue weighted by Crippen LogP contribution is 2.31. The summed E-state index contributed by atoms with van der Waals surface area (Å²) in [7, 11) is 0. The maximum absolute atomic E-state index is 13.2. The van der Waals surface area contributed by atoms with E-state index in [0.29, 0.717) is 5.69 Å². The van der Waals surface area contributed by atoms with Gasteiger partial charge in [-0.2, -0.15) is 32.9 Å². The summed E-state index contributed by atoms with van der Waals surface area (Å²) >= 11 is 0. The normalized spacial score (nSPS) is 13.0. The summed E-state index contributed by atoms with van der Waals surface area (Å²) in [5.41, 5.74) is 1.13. The number of benzene rings is 1. The van der Waals surface area contributed by atoms with Crippen molar-refractivity contribution in [3.8, 4) is 5.69 Å². The molecule has 4 rings (SSSR count). The first-order valence-electron chi connectivity index (χ1n) is 8.59. The topological polar surface area (TPSA) is 72.9 Å². The van der Waals surface area contributed by atoms with Gasteiger partial charge in [-0.05, 0) is 38.1 Å². The van der Waals surface area contributed by atoms with Crippen LogP contribution in [0, 0.1) is 12.7 Å². The quantitative estimate of drug-likeness (QED) is 0.521. The molecule has 0 aliphatic carbocycles.